The van der Waals surface area contributed by atoms with E-state index < -0.39 is 0 Å². The number of ether oxygens (including phenoxy) is 1. The van der Waals surface area contributed by atoms with Crippen LogP contribution in [0.15, 0.2) is 72.9 Å². The van der Waals surface area contributed by atoms with Gasteiger partial charge in [-0.15, -0.1) is 0 Å². The minimum atomic E-state index is 0.0253. The highest BCUT2D eigenvalue weighted by molar-refractivity contribution is 6.30. The third kappa shape index (κ3) is 5.18. The Morgan fingerprint density at radius 1 is 1.00 bits per heavy atom. The van der Waals surface area contributed by atoms with Crippen LogP contribution in [-0.2, 0) is 16.0 Å². The van der Waals surface area contributed by atoms with Crippen molar-refractivity contribution in [1.29, 1.82) is 0 Å². The van der Waals surface area contributed by atoms with Gasteiger partial charge in [0.2, 0.25) is 5.91 Å². The lowest BCUT2D eigenvalue weighted by Crippen LogP contribution is -2.25. The van der Waals surface area contributed by atoms with Crippen LogP contribution in [0.5, 0.6) is 0 Å². The topological polar surface area (TPSA) is 55.6 Å². The Morgan fingerprint density at radius 2 is 1.75 bits per heavy atom. The number of imidazole rings is 1. The molecule has 2 heterocycles. The van der Waals surface area contributed by atoms with Gasteiger partial charge in [-0.1, -0.05) is 54.1 Å². The van der Waals surface area contributed by atoms with Gasteiger partial charge in [0.25, 0.3) is 0 Å². The van der Waals surface area contributed by atoms with E-state index in [1.807, 2.05) is 48.5 Å². The third-order valence-corrected chi connectivity index (χ3v) is 5.63. The molecule has 0 atom stereocenters. The van der Waals surface area contributed by atoms with Gasteiger partial charge in [-0.2, -0.15) is 0 Å². The zero-order valence-corrected chi connectivity index (χ0v) is 18.8. The maximum atomic E-state index is 12.4. The van der Waals surface area contributed by atoms with E-state index in [0.29, 0.717) is 31.0 Å². The van der Waals surface area contributed by atoms with Gasteiger partial charge < -0.3 is 14.5 Å². The van der Waals surface area contributed by atoms with Gasteiger partial charge in [0.15, 0.2) is 0 Å². The average Bonchev–Trinajstić information content (AvgIpc) is 3.19. The number of halogens is 1. The maximum Gasteiger partial charge on any atom is 0.220 e. The van der Waals surface area contributed by atoms with Gasteiger partial charge >= 0.3 is 0 Å². The molecule has 0 saturated heterocycles. The molecule has 2 aromatic carbocycles. The summed E-state index contributed by atoms with van der Waals surface area (Å²) >= 11 is 6.09. The van der Waals surface area contributed by atoms with Gasteiger partial charge in [-0.05, 0) is 48.2 Å². The summed E-state index contributed by atoms with van der Waals surface area (Å²) in [6.45, 7) is 1.25. The fourth-order valence-electron chi connectivity index (χ4n) is 3.74. The van der Waals surface area contributed by atoms with Gasteiger partial charge in [0.1, 0.15) is 5.65 Å². The highest BCUT2D eigenvalue weighted by atomic mass is 35.5. The number of benzene rings is 2. The number of pyridine rings is 1. The summed E-state index contributed by atoms with van der Waals surface area (Å²) in [5, 5.41) is 3.65. The van der Waals surface area contributed by atoms with Gasteiger partial charge in [-0.25, -0.2) is 4.98 Å². The largest absolute Gasteiger partial charge is 0.385 e. The van der Waals surface area contributed by atoms with E-state index in [4.69, 9.17) is 21.3 Å². The zero-order valence-electron chi connectivity index (χ0n) is 18.1. The molecule has 164 valence electrons. The first-order valence-corrected chi connectivity index (χ1v) is 11.1. The molecular weight excluding hydrogens is 422 g/mol. The molecule has 1 amide bonds. The monoisotopic (exact) mass is 447 g/mol. The lowest BCUT2D eigenvalue weighted by Gasteiger charge is -2.09. The molecule has 0 aliphatic rings. The molecule has 2 aromatic heterocycles. The second-order valence-corrected chi connectivity index (χ2v) is 8.06. The number of nitrogens with one attached hydrogen (secondary N) is 1. The zero-order chi connectivity index (χ0) is 22.3. The Morgan fingerprint density at radius 3 is 2.50 bits per heavy atom. The average molecular weight is 448 g/mol. The number of carbonyl (C=O) groups excluding carboxylic acids is 1. The minimum absolute atomic E-state index is 0.0253. The first-order chi connectivity index (χ1) is 15.7. The molecule has 0 aliphatic carbocycles. The summed E-state index contributed by atoms with van der Waals surface area (Å²) in [5.41, 5.74) is 5.95. The molecule has 0 fully saturated rings. The normalized spacial score (nSPS) is 11.1. The third-order valence-electron chi connectivity index (χ3n) is 5.38. The lowest BCUT2D eigenvalue weighted by molar-refractivity contribution is -0.121. The molecular formula is C26H26ClN3O2. The number of fused-ring (bicyclic) bond motifs is 1. The van der Waals surface area contributed by atoms with Crippen molar-refractivity contribution >= 4 is 23.2 Å². The van der Waals surface area contributed by atoms with Crippen molar-refractivity contribution in [3.8, 4) is 22.4 Å². The highest BCUT2D eigenvalue weighted by Crippen LogP contribution is 2.29. The number of aromatic nitrogens is 2. The molecule has 4 rings (SSSR count). The molecule has 0 radical (unpaired) electrons. The molecule has 0 saturated carbocycles. The summed E-state index contributed by atoms with van der Waals surface area (Å²) in [4.78, 5) is 17.3. The fraction of sp³-hybridized carbons (Fsp3) is 0.231. The van der Waals surface area contributed by atoms with Crippen LogP contribution in [0.4, 0.5) is 0 Å². The minimum Gasteiger partial charge on any atom is -0.385 e. The van der Waals surface area contributed by atoms with Crippen molar-refractivity contribution < 1.29 is 9.53 Å². The number of hydrogen-bond acceptors (Lipinski definition) is 3. The quantitative estimate of drug-likeness (QED) is 0.349. The van der Waals surface area contributed by atoms with E-state index in [1.54, 1.807) is 7.11 Å². The van der Waals surface area contributed by atoms with E-state index in [2.05, 4.69) is 34.1 Å². The molecule has 0 unspecified atom stereocenters. The maximum absolute atomic E-state index is 12.4. The van der Waals surface area contributed by atoms with Crippen LogP contribution < -0.4 is 5.32 Å². The van der Waals surface area contributed by atoms with Crippen LogP contribution in [0, 0.1) is 0 Å². The van der Waals surface area contributed by atoms with E-state index in [9.17, 15) is 4.79 Å². The number of nitrogens with zero attached hydrogens (tertiary/aromatic N) is 2. The predicted molar refractivity (Wildman–Crippen MR) is 129 cm³/mol. The Bertz CT molecular complexity index is 1190. The molecule has 0 spiro atoms. The number of methoxy groups -OCH3 is 1. The molecule has 1 N–H and O–H groups in total. The summed E-state index contributed by atoms with van der Waals surface area (Å²) in [5.74, 6) is 0.0253. The predicted octanol–water partition coefficient (Wildman–Crippen LogP) is 5.41. The number of aryl methyl sites for hydroxylation is 1. The molecule has 0 bridgehead atoms. The summed E-state index contributed by atoms with van der Waals surface area (Å²) in [6, 6.07) is 22.0. The van der Waals surface area contributed by atoms with Crippen molar-refractivity contribution in [3.63, 3.8) is 0 Å². The first kappa shape index (κ1) is 22.1. The number of amides is 1. The molecule has 6 heteroatoms. The Kier molecular flexibility index (Phi) is 7.20. The summed E-state index contributed by atoms with van der Waals surface area (Å²) < 4.78 is 7.14. The van der Waals surface area contributed by atoms with E-state index in [-0.39, 0.29) is 5.91 Å². The van der Waals surface area contributed by atoms with Crippen LogP contribution in [-0.4, -0.2) is 35.6 Å². The number of rotatable bonds is 9. The van der Waals surface area contributed by atoms with E-state index >= 15 is 0 Å². The standard InChI is InChI=1S/C26H26ClN3O2/c1-32-17-5-16-28-25(31)15-13-23-26(20-8-11-22(27)12-9-20)29-24-14-10-21(18-30(23)24)19-6-3-2-4-7-19/h2-4,6-12,14,18H,5,13,15-17H2,1H3,(H,28,31). The fourth-order valence-corrected chi connectivity index (χ4v) is 3.86. The van der Waals surface area contributed by atoms with Crippen molar-refractivity contribution in [2.24, 2.45) is 0 Å². The van der Waals surface area contributed by atoms with Crippen LogP contribution in [0.3, 0.4) is 0 Å². The molecule has 32 heavy (non-hydrogen) atoms. The van der Waals surface area contributed by atoms with Crippen LogP contribution in [0.1, 0.15) is 18.5 Å². The van der Waals surface area contributed by atoms with Gasteiger partial charge in [-0.3, -0.25) is 4.79 Å². The van der Waals surface area contributed by atoms with Crippen molar-refractivity contribution in [3.05, 3.63) is 83.6 Å². The second-order valence-electron chi connectivity index (χ2n) is 7.62. The Hall–Kier alpha value is -3.15. The molecule has 0 aliphatic heterocycles. The summed E-state index contributed by atoms with van der Waals surface area (Å²) in [7, 11) is 1.66. The Balaban J connectivity index is 1.66. The van der Waals surface area contributed by atoms with Crippen LogP contribution in [0.2, 0.25) is 5.02 Å². The van der Waals surface area contributed by atoms with Crippen molar-refractivity contribution in [2.45, 2.75) is 19.3 Å². The van der Waals surface area contributed by atoms with Crippen LogP contribution >= 0.6 is 11.6 Å². The smallest absolute Gasteiger partial charge is 0.220 e. The number of hydrogen-bond donors (Lipinski definition) is 1. The highest BCUT2D eigenvalue weighted by Gasteiger charge is 2.16. The summed E-state index contributed by atoms with van der Waals surface area (Å²) in [6.07, 6.45) is 3.86. The van der Waals surface area contributed by atoms with Crippen molar-refractivity contribution in [2.75, 3.05) is 20.3 Å². The van der Waals surface area contributed by atoms with Gasteiger partial charge in [0.05, 0.1) is 11.4 Å². The Labute approximate surface area is 193 Å². The van der Waals surface area contributed by atoms with Gasteiger partial charge in [0, 0.05) is 43.5 Å². The lowest BCUT2D eigenvalue weighted by atomic mass is 10.1. The first-order valence-electron chi connectivity index (χ1n) is 10.7. The van der Waals surface area contributed by atoms with Crippen LogP contribution in [0.25, 0.3) is 28.0 Å². The van der Waals surface area contributed by atoms with E-state index in [0.717, 1.165) is 40.1 Å². The SMILES string of the molecule is COCCCNC(=O)CCc1c(-c2ccc(Cl)cc2)nc2ccc(-c3ccccc3)cn12. The molecule has 4 aromatic rings. The van der Waals surface area contributed by atoms with Crippen molar-refractivity contribution in [1.82, 2.24) is 14.7 Å². The second kappa shape index (κ2) is 10.4. The molecule has 5 nitrogen and oxygen atoms in total. The number of carbonyl (C=O) groups is 1. The van der Waals surface area contributed by atoms with E-state index in [1.165, 1.54) is 0 Å².